The standard InChI is InChI=1S/C29H35N3O5/c1-2-3-18-31-19-10-9-16-29(27(31)35,30-28(36)37-21-22-12-5-4-6-13-22)17-11-20-32-25(33)23-14-7-8-15-24(23)26(32)34/h4-8,12-15H,2-3,9-11,16-21H2,1H3,(H,30,36). The second-order valence-electron chi connectivity index (χ2n) is 9.78. The van der Waals surface area contributed by atoms with Gasteiger partial charge in [0.2, 0.25) is 5.91 Å². The number of fused-ring (bicyclic) bond motifs is 1. The largest absolute Gasteiger partial charge is 0.445 e. The van der Waals surface area contributed by atoms with Crippen molar-refractivity contribution < 1.29 is 23.9 Å². The molecule has 1 saturated heterocycles. The average Bonchev–Trinajstić information content (AvgIpc) is 3.06. The van der Waals surface area contributed by atoms with E-state index in [4.69, 9.17) is 4.74 Å². The Labute approximate surface area is 218 Å². The Bertz CT molecular complexity index is 1100. The lowest BCUT2D eigenvalue weighted by Crippen LogP contribution is -2.59. The molecule has 196 valence electrons. The number of unbranched alkanes of at least 4 members (excludes halogenated alkanes) is 1. The summed E-state index contributed by atoms with van der Waals surface area (Å²) in [6.45, 7) is 3.65. The monoisotopic (exact) mass is 505 g/mol. The molecule has 4 amide bonds. The number of alkyl carbamates (subject to hydrolysis) is 1. The zero-order valence-corrected chi connectivity index (χ0v) is 21.4. The highest BCUT2D eigenvalue weighted by molar-refractivity contribution is 6.21. The number of carbonyl (C=O) groups is 4. The first-order valence-corrected chi connectivity index (χ1v) is 13.2. The van der Waals surface area contributed by atoms with Gasteiger partial charge in [0.15, 0.2) is 0 Å². The minimum Gasteiger partial charge on any atom is -0.445 e. The predicted molar refractivity (Wildman–Crippen MR) is 139 cm³/mol. The molecule has 2 heterocycles. The van der Waals surface area contributed by atoms with Crippen LogP contribution in [0.4, 0.5) is 4.79 Å². The molecule has 4 rings (SSSR count). The third-order valence-electron chi connectivity index (χ3n) is 7.18. The van der Waals surface area contributed by atoms with Gasteiger partial charge in [0.25, 0.3) is 11.8 Å². The van der Waals surface area contributed by atoms with E-state index in [1.807, 2.05) is 35.2 Å². The molecule has 37 heavy (non-hydrogen) atoms. The second-order valence-corrected chi connectivity index (χ2v) is 9.78. The van der Waals surface area contributed by atoms with E-state index >= 15 is 0 Å². The number of amides is 4. The summed E-state index contributed by atoms with van der Waals surface area (Å²) in [5.74, 6) is -0.749. The molecule has 2 aromatic rings. The molecular formula is C29H35N3O5. The van der Waals surface area contributed by atoms with Crippen molar-refractivity contribution in [2.45, 2.75) is 64.0 Å². The van der Waals surface area contributed by atoms with Crippen molar-refractivity contribution in [1.82, 2.24) is 15.1 Å². The fourth-order valence-electron chi connectivity index (χ4n) is 5.15. The van der Waals surface area contributed by atoms with Crippen molar-refractivity contribution in [2.75, 3.05) is 19.6 Å². The molecule has 0 aromatic heterocycles. The summed E-state index contributed by atoms with van der Waals surface area (Å²) in [7, 11) is 0. The van der Waals surface area contributed by atoms with Crippen LogP contribution in [0.2, 0.25) is 0 Å². The highest BCUT2D eigenvalue weighted by atomic mass is 16.5. The van der Waals surface area contributed by atoms with Crippen molar-refractivity contribution in [3.8, 4) is 0 Å². The zero-order valence-electron chi connectivity index (χ0n) is 21.4. The molecule has 0 spiro atoms. The minimum atomic E-state index is -1.14. The van der Waals surface area contributed by atoms with E-state index in [0.717, 1.165) is 31.2 Å². The summed E-state index contributed by atoms with van der Waals surface area (Å²) < 4.78 is 5.48. The number of hydrogen-bond acceptors (Lipinski definition) is 5. The van der Waals surface area contributed by atoms with Crippen LogP contribution in [0.1, 0.15) is 78.1 Å². The summed E-state index contributed by atoms with van der Waals surface area (Å²) in [6.07, 6.45) is 4.02. The molecule has 0 radical (unpaired) electrons. The summed E-state index contributed by atoms with van der Waals surface area (Å²) in [6, 6.07) is 16.2. The maximum absolute atomic E-state index is 13.8. The van der Waals surface area contributed by atoms with E-state index in [0.29, 0.717) is 43.5 Å². The van der Waals surface area contributed by atoms with Gasteiger partial charge >= 0.3 is 6.09 Å². The third-order valence-corrected chi connectivity index (χ3v) is 7.18. The molecule has 0 bridgehead atoms. The van der Waals surface area contributed by atoms with Crippen LogP contribution < -0.4 is 5.32 Å². The van der Waals surface area contributed by atoms with Crippen molar-refractivity contribution in [1.29, 1.82) is 0 Å². The topological polar surface area (TPSA) is 96.0 Å². The first-order chi connectivity index (χ1) is 17.9. The van der Waals surface area contributed by atoms with Crippen LogP contribution in [0.3, 0.4) is 0 Å². The van der Waals surface area contributed by atoms with Gasteiger partial charge in [-0.05, 0) is 56.2 Å². The van der Waals surface area contributed by atoms with E-state index in [1.165, 1.54) is 4.90 Å². The SMILES string of the molecule is CCCCN1CCCCC(CCCN2C(=O)c3ccccc3C2=O)(NC(=O)OCc2ccccc2)C1=O. The Balaban J connectivity index is 1.47. The summed E-state index contributed by atoms with van der Waals surface area (Å²) in [4.78, 5) is 55.4. The van der Waals surface area contributed by atoms with Gasteiger partial charge in [-0.1, -0.05) is 55.8 Å². The Hall–Kier alpha value is -3.68. The van der Waals surface area contributed by atoms with Crippen LogP contribution in [-0.2, 0) is 16.1 Å². The first-order valence-electron chi connectivity index (χ1n) is 13.2. The minimum absolute atomic E-state index is 0.103. The Morgan fingerprint density at radius 2 is 1.59 bits per heavy atom. The van der Waals surface area contributed by atoms with Gasteiger partial charge in [-0.25, -0.2) is 4.79 Å². The number of nitrogens with one attached hydrogen (secondary N) is 1. The maximum Gasteiger partial charge on any atom is 0.408 e. The number of carbonyl (C=O) groups excluding carboxylic acids is 4. The van der Waals surface area contributed by atoms with Crippen molar-refractivity contribution in [3.63, 3.8) is 0 Å². The lowest BCUT2D eigenvalue weighted by Gasteiger charge is -2.36. The van der Waals surface area contributed by atoms with Crippen LogP contribution in [0.5, 0.6) is 0 Å². The van der Waals surface area contributed by atoms with Crippen LogP contribution in [0.25, 0.3) is 0 Å². The van der Waals surface area contributed by atoms with Gasteiger partial charge in [0.1, 0.15) is 12.1 Å². The highest BCUT2D eigenvalue weighted by Gasteiger charge is 2.44. The molecule has 1 unspecified atom stereocenters. The number of hydrogen-bond donors (Lipinski definition) is 1. The fourth-order valence-corrected chi connectivity index (χ4v) is 5.15. The summed E-state index contributed by atoms with van der Waals surface area (Å²) in [5, 5.41) is 2.92. The molecule has 8 nitrogen and oxygen atoms in total. The van der Waals surface area contributed by atoms with Gasteiger partial charge in [-0.3, -0.25) is 19.3 Å². The second kappa shape index (κ2) is 12.0. The molecule has 1 atom stereocenters. The van der Waals surface area contributed by atoms with E-state index in [1.54, 1.807) is 24.3 Å². The third kappa shape index (κ3) is 6.01. The quantitative estimate of drug-likeness (QED) is 0.478. The van der Waals surface area contributed by atoms with Crippen molar-refractivity contribution in [2.24, 2.45) is 0 Å². The van der Waals surface area contributed by atoms with Crippen LogP contribution >= 0.6 is 0 Å². The Morgan fingerprint density at radius 3 is 2.27 bits per heavy atom. The number of benzene rings is 2. The number of ether oxygens (including phenoxy) is 1. The number of rotatable bonds is 10. The van der Waals surface area contributed by atoms with E-state index in [9.17, 15) is 19.2 Å². The van der Waals surface area contributed by atoms with Crippen molar-refractivity contribution >= 4 is 23.8 Å². The predicted octanol–water partition coefficient (Wildman–Crippen LogP) is 4.54. The number of imide groups is 1. The lowest BCUT2D eigenvalue weighted by molar-refractivity contribution is -0.138. The van der Waals surface area contributed by atoms with Gasteiger partial charge in [-0.2, -0.15) is 0 Å². The van der Waals surface area contributed by atoms with Gasteiger partial charge in [-0.15, -0.1) is 0 Å². The van der Waals surface area contributed by atoms with Crippen LogP contribution in [-0.4, -0.2) is 58.8 Å². The fraction of sp³-hybridized carbons (Fsp3) is 0.448. The number of likely N-dealkylation sites (tertiary alicyclic amines) is 1. The van der Waals surface area contributed by atoms with Gasteiger partial charge < -0.3 is 15.0 Å². The summed E-state index contributed by atoms with van der Waals surface area (Å²) in [5.41, 5.74) is 0.521. The highest BCUT2D eigenvalue weighted by Crippen LogP contribution is 2.29. The number of nitrogens with zero attached hydrogens (tertiary/aromatic N) is 2. The molecule has 2 aromatic carbocycles. The molecule has 8 heteroatoms. The first kappa shape index (κ1) is 26.4. The molecular weight excluding hydrogens is 470 g/mol. The molecule has 1 fully saturated rings. The summed E-state index contributed by atoms with van der Waals surface area (Å²) >= 11 is 0. The molecule has 2 aliphatic heterocycles. The van der Waals surface area contributed by atoms with Crippen molar-refractivity contribution in [3.05, 3.63) is 71.3 Å². The normalized spacial score (nSPS) is 19.5. The average molecular weight is 506 g/mol. The Morgan fingerprint density at radius 1 is 0.919 bits per heavy atom. The van der Waals surface area contributed by atoms with E-state index in [-0.39, 0.29) is 30.9 Å². The zero-order chi connectivity index (χ0) is 26.3. The van der Waals surface area contributed by atoms with Crippen LogP contribution in [0.15, 0.2) is 54.6 Å². The lowest BCUT2D eigenvalue weighted by atomic mass is 9.87. The van der Waals surface area contributed by atoms with E-state index in [2.05, 4.69) is 12.2 Å². The van der Waals surface area contributed by atoms with E-state index < -0.39 is 11.6 Å². The molecule has 0 aliphatic carbocycles. The molecule has 2 aliphatic rings. The molecule has 0 saturated carbocycles. The molecule has 1 N–H and O–H groups in total. The van der Waals surface area contributed by atoms with Gasteiger partial charge in [0.05, 0.1) is 11.1 Å². The maximum atomic E-state index is 13.8. The van der Waals surface area contributed by atoms with Gasteiger partial charge in [0, 0.05) is 19.6 Å². The smallest absolute Gasteiger partial charge is 0.408 e. The van der Waals surface area contributed by atoms with Crippen LogP contribution in [0, 0.1) is 0 Å². The Kier molecular flexibility index (Phi) is 8.58.